The first kappa shape index (κ1) is 23.7. The fourth-order valence-electron chi connectivity index (χ4n) is 5.80. The van der Waals surface area contributed by atoms with Crippen molar-refractivity contribution in [3.63, 3.8) is 0 Å². The predicted octanol–water partition coefficient (Wildman–Crippen LogP) is 5.77. The van der Waals surface area contributed by atoms with Crippen molar-refractivity contribution in [2.75, 3.05) is 0 Å². The Balaban J connectivity index is 2.35. The van der Waals surface area contributed by atoms with Crippen LogP contribution in [0.5, 0.6) is 0 Å². The van der Waals surface area contributed by atoms with E-state index in [1.54, 1.807) is 6.08 Å². The van der Waals surface area contributed by atoms with Gasteiger partial charge in [0.05, 0.1) is 11.0 Å². The minimum absolute atomic E-state index is 0.00581. The standard InChI is InChI=1S/C27H38O4/c1-10-17(4)20(28)27-21(29)19-13-14-24(5,6)31-22(19)26(9,23(27)30)15-18(25(27,7)8)12-11-16(2)3/h11,13-14,17-18H,10,12,15H2,1-9H3/t17-,18-,26+,27-/m1/s1. The van der Waals surface area contributed by atoms with Crippen LogP contribution in [0.4, 0.5) is 0 Å². The summed E-state index contributed by atoms with van der Waals surface area (Å²) < 4.78 is 6.29. The smallest absolute Gasteiger partial charge is 0.187 e. The zero-order valence-electron chi connectivity index (χ0n) is 20.6. The van der Waals surface area contributed by atoms with Gasteiger partial charge in [0.15, 0.2) is 22.8 Å². The second-order valence-electron chi connectivity index (χ2n) is 11.3. The Labute approximate surface area is 187 Å². The molecule has 3 rings (SSSR count). The molecule has 4 nitrogen and oxygen atoms in total. The zero-order valence-corrected chi connectivity index (χ0v) is 20.6. The van der Waals surface area contributed by atoms with Gasteiger partial charge in [-0.1, -0.05) is 39.3 Å². The van der Waals surface area contributed by atoms with Crippen molar-refractivity contribution in [2.45, 2.75) is 87.2 Å². The summed E-state index contributed by atoms with van der Waals surface area (Å²) in [7, 11) is 0. The Morgan fingerprint density at radius 3 is 2.35 bits per heavy atom. The van der Waals surface area contributed by atoms with Crippen LogP contribution in [-0.2, 0) is 19.1 Å². The molecular weight excluding hydrogens is 388 g/mol. The van der Waals surface area contributed by atoms with Gasteiger partial charge in [0.2, 0.25) is 0 Å². The third-order valence-electron chi connectivity index (χ3n) is 8.07. The van der Waals surface area contributed by atoms with Crippen LogP contribution in [0.25, 0.3) is 0 Å². The number of carbonyl (C=O) groups excluding carboxylic acids is 3. The van der Waals surface area contributed by atoms with Gasteiger partial charge in [-0.15, -0.1) is 0 Å². The second kappa shape index (κ2) is 7.28. The highest BCUT2D eigenvalue weighted by Crippen LogP contribution is 2.65. The van der Waals surface area contributed by atoms with Crippen molar-refractivity contribution in [3.8, 4) is 0 Å². The van der Waals surface area contributed by atoms with E-state index in [1.165, 1.54) is 5.57 Å². The number of ketones is 3. The van der Waals surface area contributed by atoms with E-state index in [2.05, 4.69) is 6.08 Å². The summed E-state index contributed by atoms with van der Waals surface area (Å²) in [6.45, 7) is 17.5. The molecule has 0 saturated heterocycles. The number of ether oxygens (including phenoxy) is 1. The van der Waals surface area contributed by atoms with Crippen LogP contribution < -0.4 is 0 Å². The fraction of sp³-hybridized carbons (Fsp3) is 0.667. The molecule has 4 atom stereocenters. The molecule has 0 N–H and O–H groups in total. The zero-order chi connectivity index (χ0) is 23.6. The molecule has 170 valence electrons. The molecule has 0 amide bonds. The van der Waals surface area contributed by atoms with Crippen LogP contribution in [0.1, 0.15) is 81.6 Å². The highest BCUT2D eigenvalue weighted by molar-refractivity contribution is 6.34. The summed E-state index contributed by atoms with van der Waals surface area (Å²) in [6, 6.07) is 0. The third kappa shape index (κ3) is 3.12. The Morgan fingerprint density at radius 2 is 1.81 bits per heavy atom. The van der Waals surface area contributed by atoms with Crippen LogP contribution in [0, 0.1) is 28.1 Å². The number of fused-ring (bicyclic) bond motifs is 3. The summed E-state index contributed by atoms with van der Waals surface area (Å²) >= 11 is 0. The Kier molecular flexibility index (Phi) is 5.56. The lowest BCUT2D eigenvalue weighted by atomic mass is 9.40. The molecule has 31 heavy (non-hydrogen) atoms. The normalized spacial score (nSPS) is 34.0. The second-order valence-corrected chi connectivity index (χ2v) is 11.3. The average Bonchev–Trinajstić information content (AvgIpc) is 2.67. The number of carbonyl (C=O) groups is 3. The monoisotopic (exact) mass is 426 g/mol. The molecule has 2 bridgehead atoms. The Bertz CT molecular complexity index is 925. The van der Waals surface area contributed by atoms with Crippen molar-refractivity contribution in [1.29, 1.82) is 0 Å². The summed E-state index contributed by atoms with van der Waals surface area (Å²) in [5, 5.41) is 0. The molecule has 0 aromatic rings. The lowest BCUT2D eigenvalue weighted by Crippen LogP contribution is -2.70. The predicted molar refractivity (Wildman–Crippen MR) is 122 cm³/mol. The van der Waals surface area contributed by atoms with Crippen molar-refractivity contribution >= 4 is 17.3 Å². The molecule has 1 heterocycles. The van der Waals surface area contributed by atoms with Gasteiger partial charge in [-0.3, -0.25) is 14.4 Å². The van der Waals surface area contributed by atoms with Crippen molar-refractivity contribution in [3.05, 3.63) is 35.1 Å². The van der Waals surface area contributed by atoms with Crippen LogP contribution >= 0.6 is 0 Å². The summed E-state index contributed by atoms with van der Waals surface area (Å²) in [5.74, 6) is -0.778. The van der Waals surface area contributed by atoms with E-state index in [1.807, 2.05) is 68.4 Å². The van der Waals surface area contributed by atoms with Crippen LogP contribution in [0.15, 0.2) is 35.1 Å². The van der Waals surface area contributed by atoms with Crippen LogP contribution in [0.2, 0.25) is 0 Å². The molecule has 0 radical (unpaired) electrons. The first-order valence-corrected chi connectivity index (χ1v) is 11.6. The average molecular weight is 427 g/mol. The fourth-order valence-corrected chi connectivity index (χ4v) is 5.80. The Morgan fingerprint density at radius 1 is 1.19 bits per heavy atom. The number of rotatable bonds is 5. The molecule has 1 saturated carbocycles. The van der Waals surface area contributed by atoms with E-state index >= 15 is 0 Å². The molecule has 4 heteroatoms. The summed E-state index contributed by atoms with van der Waals surface area (Å²) in [6.07, 6.45) is 7.69. The van der Waals surface area contributed by atoms with E-state index < -0.39 is 21.8 Å². The molecule has 1 aliphatic heterocycles. The first-order valence-electron chi connectivity index (χ1n) is 11.6. The molecule has 0 aromatic heterocycles. The van der Waals surface area contributed by atoms with Gasteiger partial charge in [-0.05, 0) is 77.4 Å². The van der Waals surface area contributed by atoms with Crippen molar-refractivity contribution in [1.82, 2.24) is 0 Å². The maximum atomic E-state index is 14.3. The van der Waals surface area contributed by atoms with Gasteiger partial charge in [0, 0.05) is 5.92 Å². The van der Waals surface area contributed by atoms with Gasteiger partial charge in [-0.2, -0.15) is 0 Å². The van der Waals surface area contributed by atoms with Gasteiger partial charge in [-0.25, -0.2) is 0 Å². The molecule has 0 unspecified atom stereocenters. The van der Waals surface area contributed by atoms with Crippen molar-refractivity contribution in [2.24, 2.45) is 28.1 Å². The van der Waals surface area contributed by atoms with Gasteiger partial charge >= 0.3 is 0 Å². The first-order chi connectivity index (χ1) is 14.2. The summed E-state index contributed by atoms with van der Waals surface area (Å²) in [4.78, 5) is 42.4. The number of hydrogen-bond acceptors (Lipinski definition) is 4. The van der Waals surface area contributed by atoms with E-state index in [-0.39, 0.29) is 29.2 Å². The van der Waals surface area contributed by atoms with Crippen molar-refractivity contribution < 1.29 is 19.1 Å². The SMILES string of the molecule is CC[C@@H](C)C(=O)[C@]12C(=O)C3=C(OC(C)(C)C=C3)[C@](C)(C[C@@H](CC=C(C)C)C1(C)C)C2=O. The molecule has 2 aliphatic carbocycles. The quantitative estimate of drug-likeness (QED) is 0.414. The van der Waals surface area contributed by atoms with E-state index in [0.29, 0.717) is 24.2 Å². The number of Topliss-reactive ketones (excluding diaryl/α,β-unsaturated/α-hetero) is 3. The molecular formula is C27H38O4. The van der Waals surface area contributed by atoms with Crippen LogP contribution in [0.3, 0.4) is 0 Å². The number of allylic oxidation sites excluding steroid dienone is 5. The topological polar surface area (TPSA) is 60.4 Å². The molecule has 1 fully saturated rings. The van der Waals surface area contributed by atoms with E-state index in [4.69, 9.17) is 4.74 Å². The minimum atomic E-state index is -1.68. The molecule has 3 aliphatic rings. The maximum Gasteiger partial charge on any atom is 0.187 e. The largest absolute Gasteiger partial charge is 0.486 e. The highest BCUT2D eigenvalue weighted by Gasteiger charge is 2.74. The maximum absolute atomic E-state index is 14.3. The lowest BCUT2D eigenvalue weighted by Gasteiger charge is -2.60. The summed E-state index contributed by atoms with van der Waals surface area (Å²) in [5.41, 5.74) is -2.48. The van der Waals surface area contributed by atoms with Gasteiger partial charge in [0.1, 0.15) is 11.4 Å². The van der Waals surface area contributed by atoms with Gasteiger partial charge in [0.25, 0.3) is 0 Å². The van der Waals surface area contributed by atoms with Crippen LogP contribution in [-0.4, -0.2) is 23.0 Å². The molecule has 0 spiro atoms. The van der Waals surface area contributed by atoms with Gasteiger partial charge < -0.3 is 4.74 Å². The van der Waals surface area contributed by atoms with E-state index in [9.17, 15) is 14.4 Å². The highest BCUT2D eigenvalue weighted by atomic mass is 16.5. The third-order valence-corrected chi connectivity index (χ3v) is 8.07. The Hall–Kier alpha value is -1.97. The van der Waals surface area contributed by atoms with E-state index in [0.717, 1.165) is 6.42 Å². The minimum Gasteiger partial charge on any atom is -0.486 e. The lowest BCUT2D eigenvalue weighted by molar-refractivity contribution is -0.178. The number of hydrogen-bond donors (Lipinski definition) is 0. The molecule has 0 aromatic carbocycles.